The van der Waals surface area contributed by atoms with Crippen molar-refractivity contribution in [1.29, 1.82) is 0 Å². The molecular formula is C13H15N3O5. The topological polar surface area (TPSA) is 113 Å². The zero-order chi connectivity index (χ0) is 15.6. The van der Waals surface area contributed by atoms with Crippen molar-refractivity contribution in [3.63, 3.8) is 0 Å². The molecule has 1 aliphatic rings. The Hall–Kier alpha value is -2.64. The molecule has 8 nitrogen and oxygen atoms in total. The largest absolute Gasteiger partial charge is 0.465 e. The summed E-state index contributed by atoms with van der Waals surface area (Å²) >= 11 is 0. The van der Waals surface area contributed by atoms with Crippen molar-refractivity contribution in [1.82, 2.24) is 15.2 Å². The Balaban J connectivity index is 2.16. The van der Waals surface area contributed by atoms with Crippen LogP contribution in [-0.4, -0.2) is 52.8 Å². The average Bonchev–Trinajstić information content (AvgIpc) is 2.87. The van der Waals surface area contributed by atoms with Gasteiger partial charge in [0.1, 0.15) is 0 Å². The highest BCUT2D eigenvalue weighted by atomic mass is 16.4. The van der Waals surface area contributed by atoms with Gasteiger partial charge >= 0.3 is 6.09 Å². The molecule has 0 bridgehead atoms. The predicted octanol–water partition coefficient (Wildman–Crippen LogP) is 0.699. The van der Waals surface area contributed by atoms with Gasteiger partial charge in [-0.3, -0.25) is 9.59 Å². The molecule has 2 rings (SSSR count). The summed E-state index contributed by atoms with van der Waals surface area (Å²) in [7, 11) is 1.60. The summed E-state index contributed by atoms with van der Waals surface area (Å²) in [6, 6.07) is 0. The molecule has 21 heavy (non-hydrogen) atoms. The van der Waals surface area contributed by atoms with E-state index in [-0.39, 0.29) is 30.2 Å². The van der Waals surface area contributed by atoms with Gasteiger partial charge in [0, 0.05) is 32.6 Å². The molecule has 0 aromatic carbocycles. The predicted molar refractivity (Wildman–Crippen MR) is 71.3 cm³/mol. The molecule has 1 heterocycles. The first kappa shape index (κ1) is 14.8. The Morgan fingerprint density at radius 1 is 1.48 bits per heavy atom. The van der Waals surface area contributed by atoms with E-state index in [2.05, 4.69) is 10.3 Å². The molecule has 0 fully saturated rings. The van der Waals surface area contributed by atoms with Crippen LogP contribution in [0.1, 0.15) is 33.9 Å². The van der Waals surface area contributed by atoms with Crippen molar-refractivity contribution in [2.45, 2.75) is 13.3 Å². The number of amides is 1. The van der Waals surface area contributed by atoms with E-state index in [0.717, 1.165) is 0 Å². The molecule has 1 amide bonds. The summed E-state index contributed by atoms with van der Waals surface area (Å²) in [5.74, 6) is -0.500. The summed E-state index contributed by atoms with van der Waals surface area (Å²) in [6.45, 7) is 2.20. The first-order chi connectivity index (χ1) is 9.93. The molecule has 0 radical (unpaired) electrons. The quantitative estimate of drug-likeness (QED) is 0.821. The molecule has 1 aliphatic carbocycles. The maximum Gasteiger partial charge on any atom is 0.404 e. The van der Waals surface area contributed by atoms with Crippen molar-refractivity contribution in [2.24, 2.45) is 0 Å². The number of rotatable bonds is 5. The number of hydrogen-bond donors (Lipinski definition) is 2. The zero-order valence-corrected chi connectivity index (χ0v) is 11.7. The monoisotopic (exact) mass is 293 g/mol. The first-order valence-electron chi connectivity index (χ1n) is 6.42. The van der Waals surface area contributed by atoms with E-state index in [0.29, 0.717) is 12.3 Å². The van der Waals surface area contributed by atoms with Gasteiger partial charge in [-0.25, -0.2) is 9.78 Å². The molecule has 112 valence electrons. The lowest BCUT2D eigenvalue weighted by atomic mass is 10.0. The fourth-order valence-corrected chi connectivity index (χ4v) is 1.95. The fourth-order valence-electron chi connectivity index (χ4n) is 1.95. The minimum absolute atomic E-state index is 0.0207. The molecule has 2 N–H and O–H groups in total. The second kappa shape index (κ2) is 5.78. The summed E-state index contributed by atoms with van der Waals surface area (Å²) in [5, 5.41) is 10.7. The second-order valence-corrected chi connectivity index (χ2v) is 4.52. The number of allylic oxidation sites excluding steroid dienone is 2. The van der Waals surface area contributed by atoms with Gasteiger partial charge in [-0.15, -0.1) is 0 Å². The lowest BCUT2D eigenvalue weighted by molar-refractivity contribution is 0.0940. The number of hydrogen-bond acceptors (Lipinski definition) is 6. The van der Waals surface area contributed by atoms with E-state index < -0.39 is 17.7 Å². The minimum Gasteiger partial charge on any atom is -0.465 e. The van der Waals surface area contributed by atoms with Crippen molar-refractivity contribution < 1.29 is 23.9 Å². The van der Waals surface area contributed by atoms with Crippen LogP contribution in [0.2, 0.25) is 0 Å². The van der Waals surface area contributed by atoms with Crippen molar-refractivity contribution in [3.8, 4) is 0 Å². The smallest absolute Gasteiger partial charge is 0.404 e. The number of Topliss-reactive ketones (excluding diaryl/α,β-unsaturated/α-hetero) is 1. The Kier molecular flexibility index (Phi) is 4.06. The van der Waals surface area contributed by atoms with Gasteiger partial charge in [0.05, 0.1) is 5.70 Å². The van der Waals surface area contributed by atoms with Crippen LogP contribution >= 0.6 is 0 Å². The number of aromatic nitrogens is 1. The number of nitrogens with zero attached hydrogens (tertiary/aromatic N) is 2. The van der Waals surface area contributed by atoms with E-state index in [4.69, 9.17) is 9.52 Å². The summed E-state index contributed by atoms with van der Waals surface area (Å²) < 4.78 is 5.24. The van der Waals surface area contributed by atoms with Gasteiger partial charge in [0.25, 0.3) is 0 Å². The number of oxazole rings is 1. The van der Waals surface area contributed by atoms with Crippen LogP contribution in [0.4, 0.5) is 4.79 Å². The normalized spacial score (nSPS) is 13.7. The van der Waals surface area contributed by atoms with Gasteiger partial charge in [0.2, 0.25) is 17.3 Å². The molecule has 0 saturated carbocycles. The number of nitrogens with one attached hydrogen (secondary N) is 1. The number of carbonyl (C=O) groups is 3. The van der Waals surface area contributed by atoms with Crippen molar-refractivity contribution >= 4 is 17.7 Å². The maximum absolute atomic E-state index is 12.3. The third-order valence-electron chi connectivity index (χ3n) is 3.05. The number of likely N-dealkylation sites (N-methyl/N-ethyl adjacent to an activating group) is 1. The number of carboxylic acid groups (broad SMARTS) is 1. The summed E-state index contributed by atoms with van der Waals surface area (Å²) in [6.07, 6.45) is 0.534. The first-order valence-corrected chi connectivity index (χ1v) is 6.42. The van der Waals surface area contributed by atoms with Crippen LogP contribution in [0.5, 0.6) is 0 Å². The van der Waals surface area contributed by atoms with E-state index in [1.807, 2.05) is 6.92 Å². The third kappa shape index (κ3) is 2.93. The Morgan fingerprint density at radius 2 is 2.19 bits per heavy atom. The van der Waals surface area contributed by atoms with Crippen LogP contribution in [0.25, 0.3) is 0 Å². The Morgan fingerprint density at radius 3 is 2.81 bits per heavy atom. The van der Waals surface area contributed by atoms with Crippen LogP contribution in [0.3, 0.4) is 0 Å². The SMILES string of the molecule is CCc1nc2c(o1)C(=O)C=C(N(C)CCNC(=O)O)C2=O. The molecule has 1 aromatic rings. The van der Waals surface area contributed by atoms with Crippen LogP contribution < -0.4 is 5.32 Å². The van der Waals surface area contributed by atoms with Crippen LogP contribution in [-0.2, 0) is 6.42 Å². The lowest BCUT2D eigenvalue weighted by Crippen LogP contribution is -2.35. The standard InChI is InChI=1S/C13H15N3O5/c1-3-9-15-10-11(18)7(6-8(17)12(10)21-9)16(2)5-4-14-13(19)20/h6,14H,3-5H2,1-2H3,(H,19,20). The van der Waals surface area contributed by atoms with E-state index >= 15 is 0 Å². The van der Waals surface area contributed by atoms with Crippen LogP contribution in [0.15, 0.2) is 16.2 Å². The second-order valence-electron chi connectivity index (χ2n) is 4.52. The molecule has 0 atom stereocenters. The van der Waals surface area contributed by atoms with Crippen molar-refractivity contribution in [2.75, 3.05) is 20.1 Å². The van der Waals surface area contributed by atoms with Gasteiger partial charge in [0.15, 0.2) is 11.6 Å². The highest BCUT2D eigenvalue weighted by Crippen LogP contribution is 2.23. The number of fused-ring (bicyclic) bond motifs is 1. The molecular weight excluding hydrogens is 278 g/mol. The number of ketones is 2. The van der Waals surface area contributed by atoms with Gasteiger partial charge in [-0.2, -0.15) is 0 Å². The fraction of sp³-hybridized carbons (Fsp3) is 0.385. The maximum atomic E-state index is 12.3. The van der Waals surface area contributed by atoms with Crippen molar-refractivity contribution in [3.05, 3.63) is 29.1 Å². The lowest BCUT2D eigenvalue weighted by Gasteiger charge is -2.22. The van der Waals surface area contributed by atoms with E-state index in [1.54, 1.807) is 7.05 Å². The average molecular weight is 293 g/mol. The number of aryl methyl sites for hydroxylation is 1. The highest BCUT2D eigenvalue weighted by Gasteiger charge is 2.33. The van der Waals surface area contributed by atoms with Gasteiger partial charge in [-0.1, -0.05) is 6.92 Å². The van der Waals surface area contributed by atoms with Gasteiger partial charge in [-0.05, 0) is 0 Å². The Labute approximate surface area is 120 Å². The van der Waals surface area contributed by atoms with Crippen LogP contribution in [0, 0.1) is 0 Å². The molecule has 0 saturated heterocycles. The zero-order valence-electron chi connectivity index (χ0n) is 11.7. The summed E-state index contributed by atoms with van der Waals surface area (Å²) in [4.78, 5) is 40.2. The number of carbonyl (C=O) groups excluding carboxylic acids is 2. The molecule has 0 aliphatic heterocycles. The molecule has 0 unspecified atom stereocenters. The minimum atomic E-state index is -1.14. The molecule has 1 aromatic heterocycles. The summed E-state index contributed by atoms with van der Waals surface area (Å²) in [5.41, 5.74) is 0.197. The Bertz CT molecular complexity index is 632. The molecule has 0 spiro atoms. The van der Waals surface area contributed by atoms with Gasteiger partial charge < -0.3 is 19.7 Å². The third-order valence-corrected chi connectivity index (χ3v) is 3.05. The van der Waals surface area contributed by atoms with E-state index in [1.165, 1.54) is 11.0 Å². The van der Waals surface area contributed by atoms with E-state index in [9.17, 15) is 14.4 Å². The highest BCUT2D eigenvalue weighted by molar-refractivity contribution is 6.22. The molecule has 8 heteroatoms.